The number of carbonyl (C=O) groups is 2. The molecule has 2 aliphatic rings. The van der Waals surface area contributed by atoms with Crippen molar-refractivity contribution in [2.24, 2.45) is 5.92 Å². The van der Waals surface area contributed by atoms with Crippen molar-refractivity contribution in [1.82, 2.24) is 9.29 Å². The molecule has 0 aromatic carbocycles. The van der Waals surface area contributed by atoms with Gasteiger partial charge in [0.15, 0.2) is 10.8 Å². The van der Waals surface area contributed by atoms with Crippen LogP contribution >= 0.6 is 0 Å². The molecule has 1 aromatic rings. The summed E-state index contributed by atoms with van der Waals surface area (Å²) in [5.41, 5.74) is 0.0499. The maximum Gasteiger partial charge on any atom is 0.285 e. The molecule has 0 atom stereocenters. The van der Waals surface area contributed by atoms with Crippen LogP contribution in [0.25, 0.3) is 0 Å². The Bertz CT molecular complexity index is 693. The Morgan fingerprint density at radius 2 is 2.00 bits per heavy atom. The van der Waals surface area contributed by atoms with E-state index in [0.717, 1.165) is 32.1 Å². The number of aromatic nitrogens is 1. The number of nitrogens with zero attached hydrogens (tertiary/aromatic N) is 2. The molecule has 7 heteroatoms. The highest BCUT2D eigenvalue weighted by Gasteiger charge is 2.43. The number of Topliss-reactive ketones (excluding diaryl/α,β-unsaturated/α-hetero) is 1. The monoisotopic (exact) mass is 308 g/mol. The average molecular weight is 308 g/mol. The van der Waals surface area contributed by atoms with Crippen LogP contribution in [0.2, 0.25) is 0 Å². The third-order valence-electron chi connectivity index (χ3n) is 4.12. The van der Waals surface area contributed by atoms with Gasteiger partial charge >= 0.3 is 0 Å². The van der Waals surface area contributed by atoms with Gasteiger partial charge < -0.3 is 0 Å². The lowest BCUT2D eigenvalue weighted by Crippen LogP contribution is -2.38. The summed E-state index contributed by atoms with van der Waals surface area (Å²) in [5.74, 6) is -0.944. The second-order valence-corrected chi connectivity index (χ2v) is 7.25. The van der Waals surface area contributed by atoms with Gasteiger partial charge in [-0.3, -0.25) is 9.59 Å². The summed E-state index contributed by atoms with van der Waals surface area (Å²) >= 11 is 0. The number of rotatable bonds is 3. The first-order valence-corrected chi connectivity index (χ1v) is 8.50. The quantitative estimate of drug-likeness (QED) is 0.842. The Morgan fingerprint density at radius 3 is 2.67 bits per heavy atom. The first-order chi connectivity index (χ1) is 10.0. The molecule has 2 heterocycles. The summed E-state index contributed by atoms with van der Waals surface area (Å²) in [5, 5.41) is -0.244. The maximum absolute atomic E-state index is 12.3. The Kier molecular flexibility index (Phi) is 3.52. The molecule has 6 nitrogen and oxygen atoms in total. The number of hydrogen-bond acceptors (Lipinski definition) is 5. The van der Waals surface area contributed by atoms with E-state index < -0.39 is 15.9 Å². The van der Waals surface area contributed by atoms with Gasteiger partial charge in [-0.2, -0.15) is 8.42 Å². The highest BCUT2D eigenvalue weighted by atomic mass is 32.2. The summed E-state index contributed by atoms with van der Waals surface area (Å²) in [4.78, 5) is 28.2. The molecule has 3 rings (SSSR count). The van der Waals surface area contributed by atoms with Crippen LogP contribution in [0.15, 0.2) is 23.4 Å². The van der Waals surface area contributed by atoms with Crippen molar-refractivity contribution < 1.29 is 18.0 Å². The van der Waals surface area contributed by atoms with E-state index in [1.54, 1.807) is 0 Å². The highest BCUT2D eigenvalue weighted by Crippen LogP contribution is 2.30. The number of pyridine rings is 1. The molecule has 0 radical (unpaired) electrons. The maximum atomic E-state index is 12.3. The summed E-state index contributed by atoms with van der Waals surface area (Å²) in [6.07, 6.45) is 5.98. The summed E-state index contributed by atoms with van der Waals surface area (Å²) < 4.78 is 25.3. The SMILES string of the molecule is O=C(CN1C(=O)c2cccnc2S1(=O)=O)C1CCCCC1. The lowest BCUT2D eigenvalue weighted by Gasteiger charge is -2.22. The molecule has 21 heavy (non-hydrogen) atoms. The van der Waals surface area contributed by atoms with Gasteiger partial charge in [-0.25, -0.2) is 9.29 Å². The predicted octanol–water partition coefficient (Wildman–Crippen LogP) is 1.38. The van der Waals surface area contributed by atoms with Crippen LogP contribution in [0.4, 0.5) is 0 Å². The molecule has 1 aromatic heterocycles. The van der Waals surface area contributed by atoms with Crippen molar-refractivity contribution in [3.8, 4) is 0 Å². The number of amides is 1. The Labute approximate surface area is 123 Å². The van der Waals surface area contributed by atoms with E-state index in [4.69, 9.17) is 0 Å². The van der Waals surface area contributed by atoms with Gasteiger partial charge in [0.05, 0.1) is 12.1 Å². The van der Waals surface area contributed by atoms with Gasteiger partial charge in [0.25, 0.3) is 15.9 Å². The second-order valence-electron chi connectivity index (χ2n) is 5.47. The van der Waals surface area contributed by atoms with E-state index in [9.17, 15) is 18.0 Å². The lowest BCUT2D eigenvalue weighted by atomic mass is 9.86. The Balaban J connectivity index is 1.84. The van der Waals surface area contributed by atoms with E-state index in [2.05, 4.69) is 4.98 Å². The van der Waals surface area contributed by atoms with Gasteiger partial charge in [0.2, 0.25) is 0 Å². The van der Waals surface area contributed by atoms with Crippen LogP contribution in [0.3, 0.4) is 0 Å². The van der Waals surface area contributed by atoms with Crippen molar-refractivity contribution >= 4 is 21.7 Å². The molecule has 112 valence electrons. The Morgan fingerprint density at radius 1 is 1.29 bits per heavy atom. The van der Waals surface area contributed by atoms with Crippen LogP contribution in [-0.4, -0.2) is 35.9 Å². The van der Waals surface area contributed by atoms with Gasteiger partial charge in [0.1, 0.15) is 0 Å². The topological polar surface area (TPSA) is 84.4 Å². The second kappa shape index (κ2) is 5.22. The summed E-state index contributed by atoms with van der Waals surface area (Å²) in [6.45, 7) is -0.373. The number of fused-ring (bicyclic) bond motifs is 1. The van der Waals surface area contributed by atoms with Gasteiger partial charge in [-0.1, -0.05) is 19.3 Å². The fourth-order valence-corrected chi connectivity index (χ4v) is 4.41. The molecule has 0 N–H and O–H groups in total. The number of hydrogen-bond donors (Lipinski definition) is 0. The third-order valence-corrected chi connectivity index (χ3v) is 5.81. The molecule has 1 aliphatic heterocycles. The Hall–Kier alpha value is -1.76. The van der Waals surface area contributed by atoms with Crippen LogP contribution < -0.4 is 0 Å². The first-order valence-electron chi connectivity index (χ1n) is 7.06. The molecule has 0 spiro atoms. The van der Waals surface area contributed by atoms with E-state index >= 15 is 0 Å². The molecule has 0 bridgehead atoms. The van der Waals surface area contributed by atoms with Crippen LogP contribution in [0, 0.1) is 5.92 Å². The van der Waals surface area contributed by atoms with E-state index in [-0.39, 0.29) is 28.8 Å². The van der Waals surface area contributed by atoms with Crippen LogP contribution in [0.1, 0.15) is 42.5 Å². The zero-order chi connectivity index (χ0) is 15.0. The van der Waals surface area contributed by atoms with Crippen molar-refractivity contribution in [1.29, 1.82) is 0 Å². The van der Waals surface area contributed by atoms with Crippen molar-refractivity contribution in [3.63, 3.8) is 0 Å². The minimum Gasteiger partial charge on any atom is -0.297 e. The molecule has 0 saturated heterocycles. The largest absolute Gasteiger partial charge is 0.297 e. The molecular formula is C14H16N2O4S. The standard InChI is InChI=1S/C14H16N2O4S/c17-12(10-5-2-1-3-6-10)9-16-14(18)11-7-4-8-15-13(11)21(16,19)20/h4,7-8,10H,1-3,5-6,9H2. The van der Waals surface area contributed by atoms with Crippen molar-refractivity contribution in [2.45, 2.75) is 37.1 Å². The van der Waals surface area contributed by atoms with Crippen LogP contribution in [0.5, 0.6) is 0 Å². The number of carbonyl (C=O) groups excluding carboxylic acids is 2. The molecule has 1 saturated carbocycles. The third kappa shape index (κ3) is 2.35. The number of sulfonamides is 1. The fraction of sp³-hybridized carbons (Fsp3) is 0.500. The molecule has 1 fully saturated rings. The van der Waals surface area contributed by atoms with Crippen molar-refractivity contribution in [3.05, 3.63) is 23.9 Å². The minimum absolute atomic E-state index is 0.0499. The fourth-order valence-electron chi connectivity index (χ4n) is 2.96. The first kappa shape index (κ1) is 14.2. The van der Waals surface area contributed by atoms with Crippen molar-refractivity contribution in [2.75, 3.05) is 6.54 Å². The lowest BCUT2D eigenvalue weighted by molar-refractivity contribution is -0.123. The molecule has 1 aliphatic carbocycles. The number of ketones is 1. The predicted molar refractivity (Wildman–Crippen MR) is 74.0 cm³/mol. The van der Waals surface area contributed by atoms with E-state index in [1.165, 1.54) is 18.3 Å². The normalized spacial score (nSPS) is 21.3. The summed E-state index contributed by atoms with van der Waals surface area (Å²) in [7, 11) is -3.98. The highest BCUT2D eigenvalue weighted by molar-refractivity contribution is 7.90. The van der Waals surface area contributed by atoms with Crippen LogP contribution in [-0.2, 0) is 14.8 Å². The average Bonchev–Trinajstić information content (AvgIpc) is 2.70. The smallest absolute Gasteiger partial charge is 0.285 e. The molecule has 0 unspecified atom stereocenters. The zero-order valence-electron chi connectivity index (χ0n) is 11.5. The van der Waals surface area contributed by atoms with E-state index in [1.807, 2.05) is 0 Å². The van der Waals surface area contributed by atoms with Gasteiger partial charge in [-0.15, -0.1) is 0 Å². The van der Waals surface area contributed by atoms with E-state index in [0.29, 0.717) is 4.31 Å². The van der Waals surface area contributed by atoms with Gasteiger partial charge in [-0.05, 0) is 25.0 Å². The molecule has 1 amide bonds. The summed E-state index contributed by atoms with van der Waals surface area (Å²) in [6, 6.07) is 2.94. The molecular weight excluding hydrogens is 292 g/mol. The van der Waals surface area contributed by atoms with Gasteiger partial charge in [0, 0.05) is 12.1 Å². The minimum atomic E-state index is -3.98. The zero-order valence-corrected chi connectivity index (χ0v) is 12.3.